The molecule has 1 aromatic carbocycles. The highest BCUT2D eigenvalue weighted by atomic mass is 16.4. The van der Waals surface area contributed by atoms with E-state index in [-0.39, 0.29) is 0 Å². The number of likely N-dealkylation sites (tertiary alicyclic amines) is 1. The number of hydrogen-bond donors (Lipinski definition) is 4. The van der Waals surface area contributed by atoms with Crippen molar-refractivity contribution in [3.05, 3.63) is 42.1 Å². The Morgan fingerprint density at radius 3 is 2.81 bits per heavy atom. The Bertz CT molecular complexity index is 811. The van der Waals surface area contributed by atoms with Crippen molar-refractivity contribution in [1.82, 2.24) is 15.2 Å². The van der Waals surface area contributed by atoms with Crippen molar-refractivity contribution < 1.29 is 24.7 Å². The van der Waals surface area contributed by atoms with Gasteiger partial charge in [-0.2, -0.15) is 0 Å². The number of amides is 2. The zero-order valence-electron chi connectivity index (χ0n) is 14.1. The summed E-state index contributed by atoms with van der Waals surface area (Å²) in [5.74, 6) is -1.76. The van der Waals surface area contributed by atoms with Gasteiger partial charge in [0.15, 0.2) is 0 Å². The molecule has 1 aromatic heterocycles. The fourth-order valence-electron chi connectivity index (χ4n) is 3.29. The maximum absolute atomic E-state index is 12.6. The van der Waals surface area contributed by atoms with E-state index in [1.54, 1.807) is 24.3 Å². The molecule has 1 aliphatic rings. The van der Waals surface area contributed by atoms with Gasteiger partial charge in [-0.3, -0.25) is 14.6 Å². The van der Waals surface area contributed by atoms with Crippen molar-refractivity contribution in [3.8, 4) is 0 Å². The fraction of sp³-hybridized carbons (Fsp3) is 0.353. The highest BCUT2D eigenvalue weighted by molar-refractivity contribution is 6.43. The first-order chi connectivity index (χ1) is 12.5. The molecule has 1 aliphatic heterocycles. The van der Waals surface area contributed by atoms with Gasteiger partial charge in [0.05, 0.1) is 23.6 Å². The number of carbonyl (C=O) groups is 2. The quantitative estimate of drug-likeness (QED) is 0.527. The lowest BCUT2D eigenvalue weighted by molar-refractivity contribution is -0.134. The van der Waals surface area contributed by atoms with Crippen LogP contribution < -0.4 is 5.32 Å². The molecule has 136 valence electrons. The molecular weight excluding hydrogens is 337 g/mol. The molecule has 0 bridgehead atoms. The molecule has 2 heterocycles. The molecule has 26 heavy (non-hydrogen) atoms. The Kier molecular flexibility index (Phi) is 5.50. The molecule has 0 spiro atoms. The van der Waals surface area contributed by atoms with Gasteiger partial charge in [-0.05, 0) is 25.0 Å². The fourth-order valence-corrected chi connectivity index (χ4v) is 3.29. The van der Waals surface area contributed by atoms with Crippen LogP contribution in [0.3, 0.4) is 0 Å². The topological polar surface area (TPSA) is 123 Å². The summed E-state index contributed by atoms with van der Waals surface area (Å²) in [7, 11) is -1.65. The van der Waals surface area contributed by atoms with E-state index >= 15 is 0 Å². The Labute approximate surface area is 150 Å². The molecule has 0 radical (unpaired) electrons. The predicted octanol–water partition coefficient (Wildman–Crippen LogP) is -0.671. The Hall–Kier alpha value is -2.49. The number of aromatic nitrogens is 1. The van der Waals surface area contributed by atoms with Crippen molar-refractivity contribution >= 4 is 29.8 Å². The smallest absolute Gasteiger partial charge is 0.426 e. The van der Waals surface area contributed by atoms with Crippen LogP contribution in [0.15, 0.2) is 36.5 Å². The number of carbonyl (C=O) groups excluding carboxylic acids is 2. The number of nitrogens with zero attached hydrogens (tertiary/aromatic N) is 2. The van der Waals surface area contributed by atoms with E-state index in [9.17, 15) is 24.7 Å². The van der Waals surface area contributed by atoms with Gasteiger partial charge >= 0.3 is 7.12 Å². The summed E-state index contributed by atoms with van der Waals surface area (Å²) in [6.45, 7) is -0.232. The minimum atomic E-state index is -1.65. The van der Waals surface area contributed by atoms with Gasteiger partial charge < -0.3 is 25.4 Å². The highest BCUT2D eigenvalue weighted by Crippen LogP contribution is 2.20. The zero-order chi connectivity index (χ0) is 18.7. The van der Waals surface area contributed by atoms with Crippen LogP contribution in [0.25, 0.3) is 10.9 Å². The lowest BCUT2D eigenvalue weighted by Gasteiger charge is -2.28. The van der Waals surface area contributed by atoms with Crippen LogP contribution in [0, 0.1) is 0 Å². The Morgan fingerprint density at radius 1 is 1.31 bits per heavy atom. The maximum atomic E-state index is 12.6. The molecule has 0 aliphatic carbocycles. The second-order valence-electron chi connectivity index (χ2n) is 6.24. The summed E-state index contributed by atoms with van der Waals surface area (Å²) in [6.07, 6.45) is 2.60. The van der Waals surface area contributed by atoms with Crippen LogP contribution in [0.1, 0.15) is 23.2 Å². The van der Waals surface area contributed by atoms with Crippen LogP contribution in [0.2, 0.25) is 0 Å². The molecule has 1 saturated heterocycles. The van der Waals surface area contributed by atoms with E-state index in [2.05, 4.69) is 10.3 Å². The molecule has 0 saturated carbocycles. The van der Waals surface area contributed by atoms with E-state index in [0.717, 1.165) is 0 Å². The van der Waals surface area contributed by atoms with Crippen LogP contribution in [-0.2, 0) is 4.79 Å². The molecule has 1 fully saturated rings. The molecule has 2 amide bonds. The Morgan fingerprint density at radius 2 is 2.08 bits per heavy atom. The third-order valence-corrected chi connectivity index (χ3v) is 4.61. The predicted molar refractivity (Wildman–Crippen MR) is 95.0 cm³/mol. The molecule has 8 nitrogen and oxygen atoms in total. The molecular formula is C17H20BN3O5. The number of nitrogens with one attached hydrogen (secondary N) is 1. The number of hydrogen-bond acceptors (Lipinski definition) is 6. The second-order valence-corrected chi connectivity index (χ2v) is 6.24. The lowest BCUT2D eigenvalue weighted by Crippen LogP contribution is -2.55. The van der Waals surface area contributed by atoms with Crippen molar-refractivity contribution in [3.63, 3.8) is 0 Å². The number of benzene rings is 1. The summed E-state index contributed by atoms with van der Waals surface area (Å²) in [6, 6.07) is 7.52. The number of para-hydroxylation sites is 1. The highest BCUT2D eigenvalue weighted by Gasteiger charge is 2.39. The van der Waals surface area contributed by atoms with Crippen LogP contribution in [0.4, 0.5) is 0 Å². The number of fused-ring (bicyclic) bond motifs is 1. The number of rotatable bonds is 5. The third-order valence-electron chi connectivity index (χ3n) is 4.61. The summed E-state index contributed by atoms with van der Waals surface area (Å²) < 4.78 is 0. The lowest BCUT2D eigenvalue weighted by atomic mass is 9.78. The standard InChI is InChI=1S/C17H20BN3O5/c22-10-14(17(24)21-9-3-6-15(21)18(25)26)20-16(23)12-7-8-19-13-5-2-1-4-11(12)13/h1-2,4-5,7-8,14-15,22,25-26H,3,6,9-10H2,(H,20,23)/t14-,15+/m1/s1. The average molecular weight is 357 g/mol. The maximum Gasteiger partial charge on any atom is 0.475 e. The third kappa shape index (κ3) is 3.55. The first-order valence-electron chi connectivity index (χ1n) is 8.45. The first kappa shape index (κ1) is 18.3. The van der Waals surface area contributed by atoms with Gasteiger partial charge in [-0.15, -0.1) is 0 Å². The molecule has 9 heteroatoms. The SMILES string of the molecule is O=C(N[C@H](CO)C(=O)N1CCC[C@H]1B(O)O)c1ccnc2ccccc12. The van der Waals surface area contributed by atoms with E-state index in [4.69, 9.17) is 0 Å². The van der Waals surface area contributed by atoms with Gasteiger partial charge in [0.2, 0.25) is 5.91 Å². The van der Waals surface area contributed by atoms with E-state index in [0.29, 0.717) is 35.9 Å². The van der Waals surface area contributed by atoms with Gasteiger partial charge in [-0.25, -0.2) is 0 Å². The molecule has 4 N–H and O–H groups in total. The van der Waals surface area contributed by atoms with Gasteiger partial charge in [0.25, 0.3) is 5.91 Å². The van der Waals surface area contributed by atoms with Crippen molar-refractivity contribution in [2.24, 2.45) is 0 Å². The van der Waals surface area contributed by atoms with Crippen molar-refractivity contribution in [1.29, 1.82) is 0 Å². The largest absolute Gasteiger partial charge is 0.475 e. The van der Waals surface area contributed by atoms with Gasteiger partial charge in [-0.1, -0.05) is 18.2 Å². The number of pyridine rings is 1. The van der Waals surface area contributed by atoms with E-state index < -0.39 is 37.5 Å². The monoisotopic (exact) mass is 357 g/mol. The summed E-state index contributed by atoms with van der Waals surface area (Å²) in [4.78, 5) is 30.8. The van der Waals surface area contributed by atoms with E-state index in [1.165, 1.54) is 11.1 Å². The van der Waals surface area contributed by atoms with Crippen molar-refractivity contribution in [2.75, 3.05) is 13.2 Å². The van der Waals surface area contributed by atoms with Gasteiger partial charge in [0, 0.05) is 18.1 Å². The molecule has 2 atom stereocenters. The molecule has 2 aromatic rings. The minimum absolute atomic E-state index is 0.349. The van der Waals surface area contributed by atoms with Crippen LogP contribution in [-0.4, -0.2) is 69.1 Å². The normalized spacial score (nSPS) is 18.0. The minimum Gasteiger partial charge on any atom is -0.426 e. The van der Waals surface area contributed by atoms with Gasteiger partial charge in [0.1, 0.15) is 6.04 Å². The van der Waals surface area contributed by atoms with E-state index in [1.807, 2.05) is 6.07 Å². The average Bonchev–Trinajstić information content (AvgIpc) is 3.15. The summed E-state index contributed by atoms with van der Waals surface area (Å²) in [5.41, 5.74) is 0.997. The Balaban J connectivity index is 1.79. The molecule has 0 unspecified atom stereocenters. The second kappa shape index (κ2) is 7.82. The summed E-state index contributed by atoms with van der Waals surface area (Å²) >= 11 is 0. The van der Waals surface area contributed by atoms with Crippen molar-refractivity contribution in [2.45, 2.75) is 24.8 Å². The first-order valence-corrected chi connectivity index (χ1v) is 8.45. The molecule has 3 rings (SSSR count). The van der Waals surface area contributed by atoms with Crippen LogP contribution >= 0.6 is 0 Å². The number of aliphatic hydroxyl groups is 1. The summed E-state index contributed by atoms with van der Waals surface area (Å²) in [5, 5.41) is 31.6. The zero-order valence-corrected chi connectivity index (χ0v) is 14.1. The van der Waals surface area contributed by atoms with Crippen LogP contribution in [0.5, 0.6) is 0 Å². The number of aliphatic hydroxyl groups excluding tert-OH is 1.